The predicted octanol–water partition coefficient (Wildman–Crippen LogP) is 4.49. The third-order valence-electron chi connectivity index (χ3n) is 6.33. The van der Waals surface area contributed by atoms with E-state index in [0.29, 0.717) is 10.8 Å². The molecule has 1 fully saturated rings. The highest BCUT2D eigenvalue weighted by atomic mass is 16.5. The summed E-state index contributed by atoms with van der Waals surface area (Å²) in [6.07, 6.45) is 6.42. The Labute approximate surface area is 135 Å². The van der Waals surface area contributed by atoms with E-state index in [0.717, 1.165) is 19.1 Å². The molecule has 0 heterocycles. The maximum absolute atomic E-state index is 5.60. The molecule has 0 unspecified atom stereocenters. The summed E-state index contributed by atoms with van der Waals surface area (Å²) in [6.45, 7) is 6.56. The second-order valence-electron chi connectivity index (χ2n) is 7.87. The first kappa shape index (κ1) is 16.0. The van der Waals surface area contributed by atoms with Gasteiger partial charge in [0.05, 0.1) is 13.2 Å². The summed E-state index contributed by atoms with van der Waals surface area (Å²) in [6, 6.07) is 7.02. The summed E-state index contributed by atoms with van der Waals surface area (Å²) in [5.74, 6) is 0.731. The molecule has 0 aliphatic heterocycles. The smallest absolute Gasteiger partial charge is 0.0713 e. The number of ether oxygens (including phenoxy) is 2. The lowest BCUT2D eigenvalue weighted by atomic mass is 9.50. The average Bonchev–Trinajstić information content (AvgIpc) is 2.47. The lowest BCUT2D eigenvalue weighted by molar-refractivity contribution is -0.0324. The van der Waals surface area contributed by atoms with Crippen LogP contribution >= 0.6 is 0 Å². The fourth-order valence-electron chi connectivity index (χ4n) is 5.44. The van der Waals surface area contributed by atoms with Gasteiger partial charge < -0.3 is 9.47 Å². The first-order chi connectivity index (χ1) is 10.5. The highest BCUT2D eigenvalue weighted by molar-refractivity contribution is 5.41. The monoisotopic (exact) mass is 302 g/mol. The van der Waals surface area contributed by atoms with Crippen LogP contribution in [-0.4, -0.2) is 20.8 Å². The summed E-state index contributed by atoms with van der Waals surface area (Å²) < 4.78 is 10.9. The van der Waals surface area contributed by atoms with Crippen LogP contribution in [0.2, 0.25) is 0 Å². The van der Waals surface area contributed by atoms with E-state index in [2.05, 4.69) is 32.0 Å². The van der Waals surface area contributed by atoms with E-state index >= 15 is 0 Å². The van der Waals surface area contributed by atoms with Gasteiger partial charge in [-0.25, -0.2) is 0 Å². The van der Waals surface area contributed by atoms with Gasteiger partial charge in [-0.1, -0.05) is 38.5 Å². The van der Waals surface area contributed by atoms with Crippen molar-refractivity contribution in [3.8, 4) is 0 Å². The van der Waals surface area contributed by atoms with Crippen LogP contribution in [0.1, 0.15) is 56.2 Å². The fourth-order valence-corrected chi connectivity index (χ4v) is 5.44. The Morgan fingerprint density at radius 3 is 2.68 bits per heavy atom. The second-order valence-corrected chi connectivity index (χ2v) is 7.87. The van der Waals surface area contributed by atoms with Gasteiger partial charge in [-0.2, -0.15) is 0 Å². The van der Waals surface area contributed by atoms with Crippen molar-refractivity contribution in [2.24, 2.45) is 11.3 Å². The van der Waals surface area contributed by atoms with E-state index in [-0.39, 0.29) is 0 Å². The first-order valence-corrected chi connectivity index (χ1v) is 8.64. The Hall–Kier alpha value is -0.860. The van der Waals surface area contributed by atoms with E-state index < -0.39 is 0 Å². The van der Waals surface area contributed by atoms with Gasteiger partial charge in [-0.3, -0.25) is 0 Å². The maximum atomic E-state index is 5.60. The summed E-state index contributed by atoms with van der Waals surface area (Å²) >= 11 is 0. The third kappa shape index (κ3) is 2.51. The van der Waals surface area contributed by atoms with Crippen LogP contribution in [0.15, 0.2) is 18.2 Å². The van der Waals surface area contributed by atoms with Gasteiger partial charge in [0.25, 0.3) is 0 Å². The average molecular weight is 302 g/mol. The molecule has 2 aliphatic carbocycles. The van der Waals surface area contributed by atoms with E-state index in [1.54, 1.807) is 18.2 Å². The minimum Gasteiger partial charge on any atom is -0.384 e. The van der Waals surface area contributed by atoms with Crippen molar-refractivity contribution >= 4 is 0 Å². The summed E-state index contributed by atoms with van der Waals surface area (Å²) in [5, 5.41) is 0. The van der Waals surface area contributed by atoms with Crippen LogP contribution in [0, 0.1) is 11.3 Å². The van der Waals surface area contributed by atoms with Gasteiger partial charge in [-0.05, 0) is 59.1 Å². The number of methoxy groups -OCH3 is 2. The minimum atomic E-state index is 0.310. The van der Waals surface area contributed by atoms with Crippen LogP contribution in [0.5, 0.6) is 0 Å². The van der Waals surface area contributed by atoms with Gasteiger partial charge in [0.2, 0.25) is 0 Å². The third-order valence-corrected chi connectivity index (χ3v) is 6.33. The maximum Gasteiger partial charge on any atom is 0.0713 e. The van der Waals surface area contributed by atoms with Gasteiger partial charge in [-0.15, -0.1) is 0 Å². The Morgan fingerprint density at radius 1 is 1.14 bits per heavy atom. The number of hydrogen-bond donors (Lipinski definition) is 0. The van der Waals surface area contributed by atoms with E-state index in [1.807, 2.05) is 7.11 Å². The molecule has 0 bridgehead atoms. The van der Waals surface area contributed by atoms with Crippen LogP contribution in [0.4, 0.5) is 0 Å². The Bertz CT molecular complexity index is 535. The summed E-state index contributed by atoms with van der Waals surface area (Å²) in [7, 11) is 3.62. The van der Waals surface area contributed by atoms with Crippen molar-refractivity contribution in [1.82, 2.24) is 0 Å². The molecule has 0 N–H and O–H groups in total. The standard InChI is InChI=1S/C20H30O2/c1-19(14-22-4)10-5-11-20(2)17-8-6-15(13-21-3)12-16(17)7-9-18(19)20/h6,8,12,18H,5,7,9-11,13-14H2,1-4H3/t18-,19+,20+/m0/s1. The molecule has 1 aromatic carbocycles. The minimum absolute atomic E-state index is 0.310. The SMILES string of the molecule is COCc1ccc2c(c1)CC[C@H]1[C@@](C)(COC)CCC[C@]21C. The van der Waals surface area contributed by atoms with Crippen molar-refractivity contribution < 1.29 is 9.47 Å². The number of hydrogen-bond acceptors (Lipinski definition) is 2. The molecule has 0 aromatic heterocycles. The quantitative estimate of drug-likeness (QED) is 0.816. The number of rotatable bonds is 4. The highest BCUT2D eigenvalue weighted by Crippen LogP contribution is 2.57. The Kier molecular flexibility index (Phi) is 4.35. The molecular formula is C20H30O2. The second kappa shape index (κ2) is 5.98. The van der Waals surface area contributed by atoms with Gasteiger partial charge in [0.15, 0.2) is 0 Å². The van der Waals surface area contributed by atoms with E-state index in [9.17, 15) is 0 Å². The normalized spacial score (nSPS) is 34.1. The number of fused-ring (bicyclic) bond motifs is 3. The molecule has 0 spiro atoms. The van der Waals surface area contributed by atoms with Crippen LogP contribution in [-0.2, 0) is 27.9 Å². The molecule has 3 rings (SSSR count). The van der Waals surface area contributed by atoms with Crippen molar-refractivity contribution in [1.29, 1.82) is 0 Å². The zero-order valence-electron chi connectivity index (χ0n) is 14.6. The molecule has 1 aromatic rings. The van der Waals surface area contributed by atoms with Crippen LogP contribution in [0.25, 0.3) is 0 Å². The van der Waals surface area contributed by atoms with Gasteiger partial charge in [0.1, 0.15) is 0 Å². The topological polar surface area (TPSA) is 18.5 Å². The van der Waals surface area contributed by atoms with Gasteiger partial charge in [0, 0.05) is 14.2 Å². The molecular weight excluding hydrogens is 272 g/mol. The molecule has 2 aliphatic rings. The Balaban J connectivity index is 1.98. The Morgan fingerprint density at radius 2 is 1.95 bits per heavy atom. The van der Waals surface area contributed by atoms with E-state index in [1.165, 1.54) is 37.7 Å². The van der Waals surface area contributed by atoms with Crippen LogP contribution < -0.4 is 0 Å². The highest BCUT2D eigenvalue weighted by Gasteiger charge is 2.51. The lowest BCUT2D eigenvalue weighted by Crippen LogP contribution is -2.50. The van der Waals surface area contributed by atoms with Crippen molar-refractivity contribution in [3.05, 3.63) is 34.9 Å². The van der Waals surface area contributed by atoms with Crippen molar-refractivity contribution in [2.75, 3.05) is 20.8 Å². The number of benzene rings is 1. The molecule has 0 radical (unpaired) electrons. The molecule has 122 valence electrons. The lowest BCUT2D eigenvalue weighted by Gasteiger charge is -2.55. The molecule has 1 saturated carbocycles. The molecule has 22 heavy (non-hydrogen) atoms. The zero-order valence-corrected chi connectivity index (χ0v) is 14.6. The molecule has 2 nitrogen and oxygen atoms in total. The largest absolute Gasteiger partial charge is 0.384 e. The van der Waals surface area contributed by atoms with Crippen LogP contribution in [0.3, 0.4) is 0 Å². The fraction of sp³-hybridized carbons (Fsp3) is 0.700. The summed E-state index contributed by atoms with van der Waals surface area (Å²) in [4.78, 5) is 0. The first-order valence-electron chi connectivity index (χ1n) is 8.64. The van der Waals surface area contributed by atoms with Crippen molar-refractivity contribution in [3.63, 3.8) is 0 Å². The molecule has 3 atom stereocenters. The van der Waals surface area contributed by atoms with Crippen molar-refractivity contribution in [2.45, 2.75) is 58.0 Å². The zero-order chi connectivity index (χ0) is 15.8. The van der Waals surface area contributed by atoms with Gasteiger partial charge >= 0.3 is 0 Å². The molecule has 0 amide bonds. The number of aryl methyl sites for hydroxylation is 1. The summed E-state index contributed by atoms with van der Waals surface area (Å²) in [5.41, 5.74) is 5.08. The van der Waals surface area contributed by atoms with E-state index in [4.69, 9.17) is 9.47 Å². The predicted molar refractivity (Wildman–Crippen MR) is 90.2 cm³/mol. The molecule has 0 saturated heterocycles. The molecule has 2 heteroatoms.